The van der Waals surface area contributed by atoms with Crippen molar-refractivity contribution in [2.75, 3.05) is 14.1 Å². The van der Waals surface area contributed by atoms with Gasteiger partial charge in [0.15, 0.2) is 0 Å². The predicted octanol–water partition coefficient (Wildman–Crippen LogP) is 3.56. The van der Waals surface area contributed by atoms with Crippen LogP contribution >= 0.6 is 0 Å². The van der Waals surface area contributed by atoms with Gasteiger partial charge in [-0.1, -0.05) is 36.4 Å². The highest BCUT2D eigenvalue weighted by atomic mass is 16.5. The molecule has 2 aromatic carbocycles. The Bertz CT molecular complexity index is 706. The molecule has 2 aromatic rings. The highest BCUT2D eigenvalue weighted by molar-refractivity contribution is 6.15. The minimum atomic E-state index is -0.948. The Hall–Kier alpha value is -2.75. The Morgan fingerprint density at radius 1 is 1.17 bits per heavy atom. The quantitative estimate of drug-likeness (QED) is 0.829. The molecule has 0 aromatic heterocycles. The summed E-state index contributed by atoms with van der Waals surface area (Å²) in [7, 11) is 3.60. The van der Waals surface area contributed by atoms with Crippen LogP contribution in [-0.4, -0.2) is 30.1 Å². The van der Waals surface area contributed by atoms with Gasteiger partial charge in [-0.2, -0.15) is 0 Å². The first-order chi connectivity index (χ1) is 11.0. The summed E-state index contributed by atoms with van der Waals surface area (Å²) in [6.45, 7) is 2.40. The molecule has 0 saturated carbocycles. The number of nitrogens with zero attached hydrogens (tertiary/aromatic N) is 1. The zero-order chi connectivity index (χ0) is 16.8. The lowest BCUT2D eigenvalue weighted by molar-refractivity contribution is -0.130. The van der Waals surface area contributed by atoms with Gasteiger partial charge in [-0.05, 0) is 35.7 Å². The Morgan fingerprint density at radius 3 is 2.43 bits per heavy atom. The van der Waals surface area contributed by atoms with Gasteiger partial charge in [0.2, 0.25) is 0 Å². The number of ether oxygens (including phenoxy) is 1. The fourth-order valence-corrected chi connectivity index (χ4v) is 2.23. The third-order valence-corrected chi connectivity index (χ3v) is 3.34. The van der Waals surface area contributed by atoms with Crippen molar-refractivity contribution in [2.45, 2.75) is 13.5 Å². The number of benzene rings is 2. The summed E-state index contributed by atoms with van der Waals surface area (Å²) < 4.78 is 5.82. The fourth-order valence-electron chi connectivity index (χ4n) is 2.23. The molecule has 1 N–H and O–H groups in total. The number of aliphatic carboxylic acids is 1. The standard InChI is InChI=1S/C19H21NO3/c1-14-11-16(17(19(21)22)12-20(2)3)9-10-18(14)23-13-15-7-5-4-6-8-15/h4-12H,13H2,1-3H3,(H,21,22)/b17-12-. The Morgan fingerprint density at radius 2 is 1.87 bits per heavy atom. The van der Waals surface area contributed by atoms with E-state index in [0.29, 0.717) is 12.2 Å². The summed E-state index contributed by atoms with van der Waals surface area (Å²) in [5, 5.41) is 9.36. The lowest BCUT2D eigenvalue weighted by atomic mass is 10.0. The van der Waals surface area contributed by atoms with E-state index in [1.807, 2.05) is 49.4 Å². The summed E-state index contributed by atoms with van der Waals surface area (Å²) in [5.41, 5.74) is 2.92. The van der Waals surface area contributed by atoms with E-state index in [0.717, 1.165) is 16.9 Å². The molecule has 0 unspecified atom stereocenters. The molecule has 0 aliphatic heterocycles. The third-order valence-electron chi connectivity index (χ3n) is 3.34. The van der Waals surface area contributed by atoms with Crippen LogP contribution in [0.2, 0.25) is 0 Å². The number of hydrogen-bond donors (Lipinski definition) is 1. The molecule has 4 nitrogen and oxygen atoms in total. The van der Waals surface area contributed by atoms with Gasteiger partial charge in [0.1, 0.15) is 12.4 Å². The average molecular weight is 311 g/mol. The van der Waals surface area contributed by atoms with Crippen LogP contribution in [0.15, 0.2) is 54.7 Å². The van der Waals surface area contributed by atoms with Gasteiger partial charge in [-0.25, -0.2) is 4.79 Å². The first-order valence-electron chi connectivity index (χ1n) is 7.36. The van der Waals surface area contributed by atoms with E-state index in [9.17, 15) is 9.90 Å². The highest BCUT2D eigenvalue weighted by Crippen LogP contribution is 2.24. The molecular formula is C19H21NO3. The van der Waals surface area contributed by atoms with Gasteiger partial charge in [0.25, 0.3) is 0 Å². The number of hydrogen-bond acceptors (Lipinski definition) is 3. The van der Waals surface area contributed by atoms with Gasteiger partial charge in [0, 0.05) is 20.3 Å². The van der Waals surface area contributed by atoms with E-state index in [1.54, 1.807) is 31.3 Å². The molecule has 0 aliphatic carbocycles. The monoisotopic (exact) mass is 311 g/mol. The lowest BCUT2D eigenvalue weighted by Crippen LogP contribution is -2.08. The third kappa shape index (κ3) is 4.61. The van der Waals surface area contributed by atoms with Crippen molar-refractivity contribution in [1.82, 2.24) is 4.90 Å². The summed E-state index contributed by atoms with van der Waals surface area (Å²) >= 11 is 0. The van der Waals surface area contributed by atoms with Crippen LogP contribution in [0.3, 0.4) is 0 Å². The van der Waals surface area contributed by atoms with Crippen LogP contribution in [0.4, 0.5) is 0 Å². The Balaban J connectivity index is 2.18. The van der Waals surface area contributed by atoms with Crippen LogP contribution < -0.4 is 4.74 Å². The number of aryl methyl sites for hydroxylation is 1. The van der Waals surface area contributed by atoms with Crippen LogP contribution in [0.25, 0.3) is 5.57 Å². The molecule has 0 bridgehead atoms. The van der Waals surface area contributed by atoms with E-state index in [4.69, 9.17) is 4.74 Å². The highest BCUT2D eigenvalue weighted by Gasteiger charge is 2.12. The molecule has 0 aliphatic rings. The first kappa shape index (κ1) is 16.6. The zero-order valence-electron chi connectivity index (χ0n) is 13.6. The van der Waals surface area contributed by atoms with E-state index in [2.05, 4.69) is 0 Å². The summed E-state index contributed by atoms with van der Waals surface area (Å²) in [5.74, 6) is -0.191. The van der Waals surface area contributed by atoms with Crippen molar-refractivity contribution in [3.63, 3.8) is 0 Å². The molecular weight excluding hydrogens is 290 g/mol. The zero-order valence-corrected chi connectivity index (χ0v) is 13.6. The normalized spacial score (nSPS) is 11.2. The Labute approximate surface area is 136 Å². The number of rotatable bonds is 6. The second-order valence-electron chi connectivity index (χ2n) is 5.57. The summed E-state index contributed by atoms with van der Waals surface area (Å²) in [4.78, 5) is 13.1. The molecule has 23 heavy (non-hydrogen) atoms. The molecule has 120 valence electrons. The molecule has 0 atom stereocenters. The molecule has 0 fully saturated rings. The fraction of sp³-hybridized carbons (Fsp3) is 0.211. The van der Waals surface area contributed by atoms with Gasteiger partial charge in [-0.15, -0.1) is 0 Å². The minimum Gasteiger partial charge on any atom is -0.489 e. The maximum Gasteiger partial charge on any atom is 0.337 e. The van der Waals surface area contributed by atoms with E-state index in [-0.39, 0.29) is 5.57 Å². The van der Waals surface area contributed by atoms with Gasteiger partial charge >= 0.3 is 5.97 Å². The van der Waals surface area contributed by atoms with E-state index in [1.165, 1.54) is 0 Å². The van der Waals surface area contributed by atoms with Crippen molar-refractivity contribution in [3.8, 4) is 5.75 Å². The second-order valence-corrected chi connectivity index (χ2v) is 5.57. The average Bonchev–Trinajstić information content (AvgIpc) is 2.52. The number of carbonyl (C=O) groups is 1. The van der Waals surface area contributed by atoms with Crippen LogP contribution in [0.1, 0.15) is 16.7 Å². The molecule has 0 heterocycles. The maximum absolute atomic E-state index is 11.4. The molecule has 0 amide bonds. The van der Waals surface area contributed by atoms with Gasteiger partial charge in [0.05, 0.1) is 5.57 Å². The van der Waals surface area contributed by atoms with Crippen LogP contribution in [0.5, 0.6) is 5.75 Å². The smallest absolute Gasteiger partial charge is 0.337 e. The summed E-state index contributed by atoms with van der Waals surface area (Å²) in [6, 6.07) is 15.4. The first-order valence-corrected chi connectivity index (χ1v) is 7.36. The molecule has 2 rings (SSSR count). The van der Waals surface area contributed by atoms with E-state index < -0.39 is 5.97 Å². The van der Waals surface area contributed by atoms with Gasteiger partial charge in [-0.3, -0.25) is 0 Å². The SMILES string of the molecule is Cc1cc(/C(=C/N(C)C)C(=O)O)ccc1OCc1ccccc1. The van der Waals surface area contributed by atoms with Crippen molar-refractivity contribution in [1.29, 1.82) is 0 Å². The number of carboxylic acids is 1. The molecule has 4 heteroatoms. The van der Waals surface area contributed by atoms with Crippen molar-refractivity contribution < 1.29 is 14.6 Å². The second kappa shape index (κ2) is 7.49. The van der Waals surface area contributed by atoms with Crippen molar-refractivity contribution in [2.24, 2.45) is 0 Å². The lowest BCUT2D eigenvalue weighted by Gasteiger charge is -2.13. The van der Waals surface area contributed by atoms with Crippen molar-refractivity contribution >= 4 is 11.5 Å². The largest absolute Gasteiger partial charge is 0.489 e. The predicted molar refractivity (Wildman–Crippen MR) is 91.3 cm³/mol. The summed E-state index contributed by atoms with van der Waals surface area (Å²) in [6.07, 6.45) is 1.60. The molecule has 0 saturated heterocycles. The number of carboxylic acid groups (broad SMARTS) is 1. The maximum atomic E-state index is 11.4. The van der Waals surface area contributed by atoms with Crippen LogP contribution in [0, 0.1) is 6.92 Å². The van der Waals surface area contributed by atoms with Gasteiger partial charge < -0.3 is 14.7 Å². The molecule has 0 spiro atoms. The topological polar surface area (TPSA) is 49.8 Å². The molecule has 0 radical (unpaired) electrons. The minimum absolute atomic E-state index is 0.257. The van der Waals surface area contributed by atoms with E-state index >= 15 is 0 Å². The van der Waals surface area contributed by atoms with Crippen molar-refractivity contribution in [3.05, 3.63) is 71.4 Å². The van der Waals surface area contributed by atoms with Crippen LogP contribution in [-0.2, 0) is 11.4 Å². The Kier molecular flexibility index (Phi) is 5.41.